The van der Waals surface area contributed by atoms with Crippen LogP contribution in [-0.4, -0.2) is 16.1 Å². The molecule has 0 unspecified atom stereocenters. The van der Waals surface area contributed by atoms with Crippen LogP contribution in [0.5, 0.6) is 0 Å². The van der Waals surface area contributed by atoms with Crippen molar-refractivity contribution in [2.24, 2.45) is 0 Å². The van der Waals surface area contributed by atoms with Crippen LogP contribution in [0.1, 0.15) is 34.1 Å². The van der Waals surface area contributed by atoms with E-state index in [1.807, 2.05) is 0 Å². The van der Waals surface area contributed by atoms with Gasteiger partial charge in [-0.15, -0.1) is 11.3 Å². The maximum Gasteiger partial charge on any atom is 0.347 e. The number of hydrogen-bond donors (Lipinski definition) is 1. The molecule has 0 bridgehead atoms. The Labute approximate surface area is 109 Å². The number of carboxylic acids is 1. The second-order valence-corrected chi connectivity index (χ2v) is 5.70. The number of aromatic carboxylic acids is 1. The molecule has 4 nitrogen and oxygen atoms in total. The van der Waals surface area contributed by atoms with Crippen LogP contribution in [0.2, 0.25) is 0 Å². The molecule has 0 saturated heterocycles. The van der Waals surface area contributed by atoms with E-state index in [-0.39, 0.29) is 0 Å². The van der Waals surface area contributed by atoms with E-state index in [0.717, 1.165) is 12.8 Å². The highest BCUT2D eigenvalue weighted by atomic mass is 79.9. The first-order valence-corrected chi connectivity index (χ1v) is 6.76. The third kappa shape index (κ3) is 2.02. The van der Waals surface area contributed by atoms with Gasteiger partial charge in [-0.25, -0.2) is 9.78 Å². The SMILES string of the molecule is O=C(O)c1sc(-c2ccc(Br)o2)nc1C1CC1. The summed E-state index contributed by atoms with van der Waals surface area (Å²) in [5.74, 6) is 0.0297. The van der Waals surface area contributed by atoms with Gasteiger partial charge in [0.15, 0.2) is 15.4 Å². The van der Waals surface area contributed by atoms with Crippen molar-refractivity contribution in [3.8, 4) is 10.8 Å². The quantitative estimate of drug-likeness (QED) is 0.937. The summed E-state index contributed by atoms with van der Waals surface area (Å²) in [5, 5.41) is 9.77. The molecule has 2 heterocycles. The van der Waals surface area contributed by atoms with Crippen LogP contribution in [0.3, 0.4) is 0 Å². The van der Waals surface area contributed by atoms with Gasteiger partial charge in [0.25, 0.3) is 0 Å². The van der Waals surface area contributed by atoms with Gasteiger partial charge >= 0.3 is 5.97 Å². The molecule has 0 radical (unpaired) electrons. The Morgan fingerprint density at radius 1 is 1.53 bits per heavy atom. The molecule has 17 heavy (non-hydrogen) atoms. The summed E-state index contributed by atoms with van der Waals surface area (Å²) in [6.45, 7) is 0. The van der Waals surface area contributed by atoms with Crippen LogP contribution < -0.4 is 0 Å². The maximum atomic E-state index is 11.1. The van der Waals surface area contributed by atoms with Gasteiger partial charge in [0.1, 0.15) is 4.88 Å². The number of aromatic nitrogens is 1. The van der Waals surface area contributed by atoms with Crippen LogP contribution in [-0.2, 0) is 0 Å². The highest BCUT2D eigenvalue weighted by Gasteiger charge is 2.32. The van der Waals surface area contributed by atoms with Crippen LogP contribution in [0.15, 0.2) is 21.2 Å². The first-order chi connectivity index (χ1) is 8.15. The third-order valence-electron chi connectivity index (χ3n) is 2.60. The fourth-order valence-corrected chi connectivity index (χ4v) is 2.91. The van der Waals surface area contributed by atoms with E-state index < -0.39 is 5.97 Å². The second kappa shape index (κ2) is 3.96. The van der Waals surface area contributed by atoms with Gasteiger partial charge in [-0.3, -0.25) is 0 Å². The molecule has 3 rings (SSSR count). The maximum absolute atomic E-state index is 11.1. The molecule has 88 valence electrons. The smallest absolute Gasteiger partial charge is 0.347 e. The summed E-state index contributed by atoms with van der Waals surface area (Å²) in [6, 6.07) is 3.55. The number of rotatable bonds is 3. The fourth-order valence-electron chi connectivity index (χ4n) is 1.65. The summed E-state index contributed by atoms with van der Waals surface area (Å²) < 4.78 is 6.01. The first-order valence-electron chi connectivity index (χ1n) is 5.15. The number of nitrogens with zero attached hydrogens (tertiary/aromatic N) is 1. The van der Waals surface area contributed by atoms with Crippen molar-refractivity contribution in [1.29, 1.82) is 0 Å². The molecule has 1 aliphatic rings. The van der Waals surface area contributed by atoms with Crippen molar-refractivity contribution in [1.82, 2.24) is 4.98 Å². The van der Waals surface area contributed by atoms with Crippen molar-refractivity contribution >= 4 is 33.2 Å². The molecule has 2 aromatic heterocycles. The fraction of sp³-hybridized carbons (Fsp3) is 0.273. The minimum Gasteiger partial charge on any atom is -0.477 e. The summed E-state index contributed by atoms with van der Waals surface area (Å²) in [5.41, 5.74) is 0.713. The van der Waals surface area contributed by atoms with Crippen LogP contribution >= 0.6 is 27.3 Å². The number of carboxylic acid groups (broad SMARTS) is 1. The van der Waals surface area contributed by atoms with E-state index in [1.165, 1.54) is 11.3 Å². The molecule has 1 N–H and O–H groups in total. The molecule has 0 atom stereocenters. The van der Waals surface area contributed by atoms with Crippen molar-refractivity contribution in [2.75, 3.05) is 0 Å². The molecule has 1 saturated carbocycles. The van der Waals surface area contributed by atoms with Crippen molar-refractivity contribution < 1.29 is 14.3 Å². The standard InChI is InChI=1S/C11H8BrNO3S/c12-7-4-3-6(16-7)10-13-8(5-1-2-5)9(17-10)11(14)15/h3-5H,1-2H2,(H,14,15). The van der Waals surface area contributed by atoms with E-state index in [0.29, 0.717) is 31.9 Å². The molecule has 1 aliphatic carbocycles. The average Bonchev–Trinajstić information content (AvgIpc) is 2.87. The molecule has 0 aliphatic heterocycles. The summed E-state index contributed by atoms with van der Waals surface area (Å²) in [6.07, 6.45) is 2.07. The van der Waals surface area contributed by atoms with Crippen LogP contribution in [0, 0.1) is 0 Å². The number of thiazole rings is 1. The Morgan fingerprint density at radius 2 is 2.29 bits per heavy atom. The van der Waals surface area contributed by atoms with Crippen molar-refractivity contribution in [2.45, 2.75) is 18.8 Å². The highest BCUT2D eigenvalue weighted by molar-refractivity contribution is 9.10. The molecule has 6 heteroatoms. The van der Waals surface area contributed by atoms with E-state index in [2.05, 4.69) is 20.9 Å². The Bertz CT molecular complexity index is 585. The number of hydrogen-bond acceptors (Lipinski definition) is 4. The Hall–Kier alpha value is -1.14. The van der Waals surface area contributed by atoms with Crippen molar-refractivity contribution in [3.05, 3.63) is 27.4 Å². The monoisotopic (exact) mass is 313 g/mol. The minimum absolute atomic E-state index is 0.324. The van der Waals surface area contributed by atoms with Gasteiger partial charge < -0.3 is 9.52 Å². The summed E-state index contributed by atoms with van der Waals surface area (Å²) in [4.78, 5) is 15.9. The highest BCUT2D eigenvalue weighted by Crippen LogP contribution is 2.44. The topological polar surface area (TPSA) is 63.3 Å². The van der Waals surface area contributed by atoms with E-state index >= 15 is 0 Å². The lowest BCUT2D eigenvalue weighted by molar-refractivity contribution is 0.0700. The van der Waals surface area contributed by atoms with Crippen LogP contribution in [0.25, 0.3) is 10.8 Å². The average molecular weight is 314 g/mol. The lowest BCUT2D eigenvalue weighted by Gasteiger charge is -1.91. The number of halogens is 1. The predicted octanol–water partition coefficient (Wildman–Crippen LogP) is 3.74. The lowest BCUT2D eigenvalue weighted by Crippen LogP contribution is -1.97. The van der Waals surface area contributed by atoms with E-state index in [9.17, 15) is 4.79 Å². The largest absolute Gasteiger partial charge is 0.477 e. The molecular weight excluding hydrogens is 306 g/mol. The number of carbonyl (C=O) groups is 1. The zero-order valence-electron chi connectivity index (χ0n) is 8.64. The van der Waals surface area contributed by atoms with Crippen LogP contribution in [0.4, 0.5) is 0 Å². The molecule has 0 aromatic carbocycles. The van der Waals surface area contributed by atoms with Gasteiger partial charge in [-0.1, -0.05) is 0 Å². The first kappa shape index (κ1) is 11.0. The summed E-state index contributed by atoms with van der Waals surface area (Å²) in [7, 11) is 0. The molecule has 2 aromatic rings. The molecular formula is C11H8BrNO3S. The molecule has 1 fully saturated rings. The predicted molar refractivity (Wildman–Crippen MR) is 66.5 cm³/mol. The van der Waals surface area contributed by atoms with Gasteiger partial charge in [0.05, 0.1) is 5.69 Å². The lowest BCUT2D eigenvalue weighted by atomic mass is 10.2. The summed E-state index contributed by atoms with van der Waals surface area (Å²) >= 11 is 4.40. The van der Waals surface area contributed by atoms with Crippen molar-refractivity contribution in [3.63, 3.8) is 0 Å². The van der Waals surface area contributed by atoms with Gasteiger partial charge in [0, 0.05) is 5.92 Å². The third-order valence-corrected chi connectivity index (χ3v) is 4.10. The Kier molecular flexibility index (Phi) is 2.56. The minimum atomic E-state index is -0.902. The molecule has 0 spiro atoms. The normalized spacial score (nSPS) is 15.1. The van der Waals surface area contributed by atoms with E-state index in [1.54, 1.807) is 12.1 Å². The Morgan fingerprint density at radius 3 is 2.82 bits per heavy atom. The zero-order valence-corrected chi connectivity index (χ0v) is 11.0. The van der Waals surface area contributed by atoms with Gasteiger partial charge in [-0.2, -0.15) is 0 Å². The number of furan rings is 1. The second-order valence-electron chi connectivity index (χ2n) is 3.92. The van der Waals surface area contributed by atoms with Gasteiger partial charge in [0.2, 0.25) is 0 Å². The van der Waals surface area contributed by atoms with E-state index in [4.69, 9.17) is 9.52 Å². The van der Waals surface area contributed by atoms with Gasteiger partial charge in [-0.05, 0) is 40.9 Å². The molecule has 0 amide bonds. The Balaban J connectivity index is 2.06. The zero-order chi connectivity index (χ0) is 12.0.